The van der Waals surface area contributed by atoms with Crippen LogP contribution in [0.15, 0.2) is 60.7 Å². The van der Waals surface area contributed by atoms with Gasteiger partial charge in [-0.1, -0.05) is 42.5 Å². The average Bonchev–Trinajstić information content (AvgIpc) is 2.99. The van der Waals surface area contributed by atoms with E-state index >= 15 is 0 Å². The number of benzene rings is 3. The monoisotopic (exact) mass is 445 g/mol. The summed E-state index contributed by atoms with van der Waals surface area (Å²) in [6.07, 6.45) is -0.537. The van der Waals surface area contributed by atoms with Crippen LogP contribution in [0.5, 0.6) is 0 Å². The summed E-state index contributed by atoms with van der Waals surface area (Å²) in [6, 6.07) is 18.6. The molecule has 1 fully saturated rings. The minimum absolute atomic E-state index is 0.0201. The SMILES string of the molecule is CC(=O)c1ccc2cc(NC(=O)OCc3ccc(B4OC(C)(C)C(C)(C)O4)cc3)ccc2c1. The topological polar surface area (TPSA) is 73.9 Å². The predicted molar refractivity (Wildman–Crippen MR) is 130 cm³/mol. The smallest absolute Gasteiger partial charge is 0.444 e. The molecule has 1 N–H and O–H groups in total. The second-order valence-corrected chi connectivity index (χ2v) is 9.36. The number of ether oxygens (including phenoxy) is 1. The van der Waals surface area contributed by atoms with Crippen LogP contribution in [-0.4, -0.2) is 30.2 Å². The van der Waals surface area contributed by atoms with Gasteiger partial charge in [0.1, 0.15) is 6.61 Å². The zero-order valence-corrected chi connectivity index (χ0v) is 19.6. The normalized spacial score (nSPS) is 16.6. The summed E-state index contributed by atoms with van der Waals surface area (Å²) in [6.45, 7) is 9.77. The fourth-order valence-electron chi connectivity index (χ4n) is 3.60. The van der Waals surface area contributed by atoms with Crippen LogP contribution in [-0.2, 0) is 20.7 Å². The molecule has 1 amide bonds. The first kappa shape index (κ1) is 23.0. The van der Waals surface area contributed by atoms with Crippen molar-refractivity contribution in [3.05, 3.63) is 71.8 Å². The van der Waals surface area contributed by atoms with Crippen LogP contribution in [0, 0.1) is 0 Å². The van der Waals surface area contributed by atoms with E-state index in [2.05, 4.69) is 5.32 Å². The number of amides is 1. The van der Waals surface area contributed by atoms with Crippen LogP contribution >= 0.6 is 0 Å². The zero-order valence-electron chi connectivity index (χ0n) is 19.6. The molecule has 6 nitrogen and oxygen atoms in total. The molecule has 1 heterocycles. The Bertz CT molecular complexity index is 1190. The maximum absolute atomic E-state index is 12.3. The molecule has 1 saturated heterocycles. The third-order valence-electron chi connectivity index (χ3n) is 6.37. The Hall–Kier alpha value is -3.16. The maximum Gasteiger partial charge on any atom is 0.494 e. The lowest BCUT2D eigenvalue weighted by Crippen LogP contribution is -2.41. The molecule has 4 rings (SSSR count). The molecule has 0 radical (unpaired) electrons. The van der Waals surface area contributed by atoms with Gasteiger partial charge in [0.25, 0.3) is 0 Å². The van der Waals surface area contributed by atoms with Crippen LogP contribution in [0.3, 0.4) is 0 Å². The van der Waals surface area contributed by atoms with Crippen molar-refractivity contribution in [2.75, 3.05) is 5.32 Å². The summed E-state index contributed by atoms with van der Waals surface area (Å²) in [5.74, 6) is 0.0201. The maximum atomic E-state index is 12.3. The Morgan fingerprint density at radius 2 is 1.48 bits per heavy atom. The van der Waals surface area contributed by atoms with Crippen molar-refractivity contribution in [2.24, 2.45) is 0 Å². The number of ketones is 1. The second kappa shape index (κ2) is 8.65. The molecule has 0 aliphatic carbocycles. The number of carbonyl (C=O) groups excluding carboxylic acids is 2. The van der Waals surface area contributed by atoms with E-state index < -0.39 is 24.4 Å². The van der Waals surface area contributed by atoms with E-state index in [1.54, 1.807) is 19.1 Å². The Kier molecular flexibility index (Phi) is 6.03. The van der Waals surface area contributed by atoms with E-state index in [1.165, 1.54) is 0 Å². The van der Waals surface area contributed by atoms with E-state index in [4.69, 9.17) is 14.0 Å². The summed E-state index contributed by atoms with van der Waals surface area (Å²) >= 11 is 0. The van der Waals surface area contributed by atoms with Crippen molar-refractivity contribution in [2.45, 2.75) is 52.4 Å². The molecule has 3 aromatic rings. The number of rotatable bonds is 5. The van der Waals surface area contributed by atoms with E-state index in [1.807, 2.05) is 76.2 Å². The number of hydrogen-bond acceptors (Lipinski definition) is 5. The minimum atomic E-state index is -0.537. The standard InChI is InChI=1S/C26H28BNO5/c1-17(29)19-8-9-21-15-23(13-10-20(21)14-19)28-24(30)31-16-18-6-11-22(12-7-18)27-32-25(2,3)26(4,5)33-27/h6-15H,16H2,1-5H3,(H,28,30). The van der Waals surface area contributed by atoms with E-state index in [9.17, 15) is 9.59 Å². The minimum Gasteiger partial charge on any atom is -0.444 e. The molecule has 3 aromatic carbocycles. The number of anilines is 1. The van der Waals surface area contributed by atoms with Crippen molar-refractivity contribution in [1.29, 1.82) is 0 Å². The number of hydrogen-bond donors (Lipinski definition) is 1. The molecule has 7 heteroatoms. The van der Waals surface area contributed by atoms with Crippen LogP contribution in [0.1, 0.15) is 50.5 Å². The fourth-order valence-corrected chi connectivity index (χ4v) is 3.60. The first-order valence-corrected chi connectivity index (χ1v) is 11.0. The zero-order chi connectivity index (χ0) is 23.8. The lowest BCUT2D eigenvalue weighted by atomic mass is 9.79. The molecular formula is C26H28BNO5. The van der Waals surface area contributed by atoms with Crippen LogP contribution in [0.2, 0.25) is 0 Å². The summed E-state index contributed by atoms with van der Waals surface area (Å²) in [7, 11) is -0.423. The number of fused-ring (bicyclic) bond motifs is 1. The highest BCUT2D eigenvalue weighted by Crippen LogP contribution is 2.36. The first-order valence-electron chi connectivity index (χ1n) is 11.0. The molecule has 33 heavy (non-hydrogen) atoms. The van der Waals surface area contributed by atoms with Crippen LogP contribution in [0.4, 0.5) is 10.5 Å². The molecule has 0 saturated carbocycles. The molecule has 1 aliphatic heterocycles. The molecule has 0 aromatic heterocycles. The molecule has 0 spiro atoms. The Morgan fingerprint density at radius 3 is 2.12 bits per heavy atom. The van der Waals surface area contributed by atoms with Crippen molar-refractivity contribution >= 4 is 40.9 Å². The summed E-state index contributed by atoms with van der Waals surface area (Å²) < 4.78 is 17.5. The lowest BCUT2D eigenvalue weighted by molar-refractivity contribution is 0.00578. The quantitative estimate of drug-likeness (QED) is 0.438. The highest BCUT2D eigenvalue weighted by molar-refractivity contribution is 6.62. The van der Waals surface area contributed by atoms with Crippen molar-refractivity contribution in [3.8, 4) is 0 Å². The summed E-state index contributed by atoms with van der Waals surface area (Å²) in [4.78, 5) is 23.8. The molecular weight excluding hydrogens is 417 g/mol. The van der Waals surface area contributed by atoms with Gasteiger partial charge < -0.3 is 14.0 Å². The Balaban J connectivity index is 1.33. The van der Waals surface area contributed by atoms with Crippen molar-refractivity contribution in [3.63, 3.8) is 0 Å². The van der Waals surface area contributed by atoms with Gasteiger partial charge in [0, 0.05) is 11.3 Å². The average molecular weight is 445 g/mol. The van der Waals surface area contributed by atoms with Gasteiger partial charge in [-0.25, -0.2) is 4.79 Å². The number of nitrogens with one attached hydrogen (secondary N) is 1. The van der Waals surface area contributed by atoms with E-state index in [0.29, 0.717) is 11.3 Å². The fraction of sp³-hybridized carbons (Fsp3) is 0.308. The highest BCUT2D eigenvalue weighted by atomic mass is 16.7. The first-order chi connectivity index (χ1) is 15.5. The summed E-state index contributed by atoms with van der Waals surface area (Å²) in [5, 5.41) is 4.61. The van der Waals surface area contributed by atoms with Gasteiger partial charge in [-0.15, -0.1) is 0 Å². The van der Waals surface area contributed by atoms with Crippen molar-refractivity contribution < 1.29 is 23.6 Å². The van der Waals surface area contributed by atoms with Gasteiger partial charge in [0.05, 0.1) is 11.2 Å². The van der Waals surface area contributed by atoms with Crippen LogP contribution < -0.4 is 10.8 Å². The van der Waals surface area contributed by atoms with Gasteiger partial charge in [0.15, 0.2) is 5.78 Å². The van der Waals surface area contributed by atoms with E-state index in [-0.39, 0.29) is 12.4 Å². The van der Waals surface area contributed by atoms with Crippen molar-refractivity contribution in [1.82, 2.24) is 0 Å². The third kappa shape index (κ3) is 4.94. The number of carbonyl (C=O) groups is 2. The van der Waals surface area contributed by atoms with Crippen LogP contribution in [0.25, 0.3) is 10.8 Å². The Morgan fingerprint density at radius 1 is 0.879 bits per heavy atom. The van der Waals surface area contributed by atoms with Gasteiger partial charge >= 0.3 is 13.2 Å². The second-order valence-electron chi connectivity index (χ2n) is 9.36. The molecule has 0 unspecified atom stereocenters. The molecule has 170 valence electrons. The largest absolute Gasteiger partial charge is 0.494 e. The van der Waals surface area contributed by atoms with Gasteiger partial charge in [-0.05, 0) is 74.6 Å². The van der Waals surface area contributed by atoms with Gasteiger partial charge in [-0.3, -0.25) is 10.1 Å². The molecule has 1 aliphatic rings. The highest BCUT2D eigenvalue weighted by Gasteiger charge is 2.51. The molecule has 0 atom stereocenters. The Labute approximate surface area is 194 Å². The van der Waals surface area contributed by atoms with E-state index in [0.717, 1.165) is 21.8 Å². The van der Waals surface area contributed by atoms with Gasteiger partial charge in [0.2, 0.25) is 0 Å². The van der Waals surface area contributed by atoms with Gasteiger partial charge in [-0.2, -0.15) is 0 Å². The lowest BCUT2D eigenvalue weighted by Gasteiger charge is -2.32. The molecule has 0 bridgehead atoms. The predicted octanol–water partition coefficient (Wildman–Crippen LogP) is 5.09. The third-order valence-corrected chi connectivity index (χ3v) is 6.37. The number of Topliss-reactive ketones (excluding diaryl/α,β-unsaturated/α-hetero) is 1. The summed E-state index contributed by atoms with van der Waals surface area (Å²) in [5.41, 5.74) is 2.28.